The van der Waals surface area contributed by atoms with E-state index >= 15 is 0 Å². The molecule has 0 aromatic rings. The molecule has 3 atom stereocenters. The van der Waals surface area contributed by atoms with Crippen molar-refractivity contribution >= 4 is 19.2 Å². The number of carbonyl (C=O) groups is 1. The normalized spacial score (nSPS) is 27.7. The molecule has 0 bridgehead atoms. The molecule has 0 N–H and O–H groups in total. The van der Waals surface area contributed by atoms with Crippen LogP contribution in [0.1, 0.15) is 33.1 Å². The Balaban J connectivity index is 2.60. The molecule has 1 aliphatic rings. The third kappa shape index (κ3) is 2.98. The molecule has 0 amide bonds. The minimum atomic E-state index is -0.149. The summed E-state index contributed by atoms with van der Waals surface area (Å²) >= 11 is 0. The molecule has 1 heterocycles. The van der Waals surface area contributed by atoms with E-state index in [9.17, 15) is 9.50 Å². The van der Waals surface area contributed by atoms with Crippen LogP contribution < -0.4 is 0 Å². The molecular formula is C10H16BNO3. The van der Waals surface area contributed by atoms with Gasteiger partial charge >= 0.3 is 89.6 Å². The number of cyclic esters (lactones) is 1. The number of rotatable bonds is 5. The summed E-state index contributed by atoms with van der Waals surface area (Å²) in [6.07, 6.45) is 3.40. The topological polar surface area (TPSA) is 55.7 Å². The predicted octanol–water partition coefficient (Wildman–Crippen LogP) is 1.18. The van der Waals surface area contributed by atoms with Gasteiger partial charge in [0.1, 0.15) is 0 Å². The van der Waals surface area contributed by atoms with Crippen molar-refractivity contribution in [3.05, 3.63) is 0 Å². The Hall–Kier alpha value is -0.995. The molecule has 0 saturated carbocycles. The molecule has 0 aromatic carbocycles. The van der Waals surface area contributed by atoms with Crippen LogP contribution >= 0.6 is 0 Å². The summed E-state index contributed by atoms with van der Waals surface area (Å²) in [6.45, 7) is 3.95. The fourth-order valence-corrected chi connectivity index (χ4v) is 1.85. The van der Waals surface area contributed by atoms with Crippen molar-refractivity contribution in [1.82, 2.24) is 0 Å². The van der Waals surface area contributed by atoms with Gasteiger partial charge in [-0.1, -0.05) is 0 Å². The molecule has 82 valence electrons. The Kier molecular flexibility index (Phi) is 4.65. The first-order valence-electron chi connectivity index (χ1n) is 5.40. The average molecular weight is 209 g/mol. The van der Waals surface area contributed by atoms with Crippen molar-refractivity contribution in [3.63, 3.8) is 0 Å². The Labute approximate surface area is 90.4 Å². The minimum absolute atomic E-state index is 0.00970. The van der Waals surface area contributed by atoms with Gasteiger partial charge in [0.05, 0.1) is 0 Å². The molecule has 0 spiro atoms. The number of hydrogen-bond donors (Lipinski definition) is 0. The van der Waals surface area contributed by atoms with E-state index in [0.29, 0.717) is 7.15 Å². The van der Waals surface area contributed by atoms with Gasteiger partial charge in [0.25, 0.3) is 0 Å². The molecule has 0 radical (unpaired) electrons. The number of carbonyl (C=O) groups excluding carboxylic acids is 1. The number of nitrogens with zero attached hydrogens (tertiary/aromatic N) is 1. The summed E-state index contributed by atoms with van der Waals surface area (Å²) in [5.41, 5.74) is 0. The quantitative estimate of drug-likeness (QED) is 0.388. The van der Waals surface area contributed by atoms with E-state index < -0.39 is 0 Å². The first-order chi connectivity index (χ1) is 7.22. The van der Waals surface area contributed by atoms with Gasteiger partial charge in [-0.25, -0.2) is 0 Å². The molecule has 1 aliphatic heterocycles. The molecule has 1 saturated heterocycles. The van der Waals surface area contributed by atoms with Gasteiger partial charge in [-0.2, -0.15) is 0 Å². The number of hydrogen-bond acceptors (Lipinski definition) is 4. The first kappa shape index (κ1) is 12.1. The zero-order valence-electron chi connectivity index (χ0n) is 9.18. The van der Waals surface area contributed by atoms with Gasteiger partial charge in [0.15, 0.2) is 0 Å². The van der Waals surface area contributed by atoms with E-state index in [2.05, 4.69) is 4.99 Å². The molecular weight excluding hydrogens is 193 g/mol. The summed E-state index contributed by atoms with van der Waals surface area (Å²) in [6, 6.07) is -0.0734. The summed E-state index contributed by atoms with van der Waals surface area (Å²) < 4.78 is 15.4. The van der Waals surface area contributed by atoms with Crippen molar-refractivity contribution < 1.29 is 14.2 Å². The van der Waals surface area contributed by atoms with Crippen LogP contribution in [0, 0.1) is 5.92 Å². The first-order valence-corrected chi connectivity index (χ1v) is 5.40. The van der Waals surface area contributed by atoms with Crippen LogP contribution in [-0.4, -0.2) is 31.4 Å². The average Bonchev–Trinajstić information content (AvgIpc) is 2.61. The van der Waals surface area contributed by atoms with E-state index in [1.165, 1.54) is 6.11 Å². The van der Waals surface area contributed by atoms with Crippen LogP contribution in [-0.2, 0) is 14.2 Å². The van der Waals surface area contributed by atoms with Crippen LogP contribution in [0.4, 0.5) is 0 Å². The molecule has 1 fully saturated rings. The maximum atomic E-state index is 11.4. The van der Waals surface area contributed by atoms with Crippen LogP contribution in [0.15, 0.2) is 4.99 Å². The van der Waals surface area contributed by atoms with Crippen molar-refractivity contribution in [2.24, 2.45) is 10.9 Å². The van der Waals surface area contributed by atoms with Crippen LogP contribution in [0.25, 0.3) is 0 Å². The zero-order valence-corrected chi connectivity index (χ0v) is 9.18. The fourth-order valence-electron chi connectivity index (χ4n) is 1.85. The molecule has 5 heteroatoms. The van der Waals surface area contributed by atoms with Crippen LogP contribution in [0.2, 0.25) is 0 Å². The monoisotopic (exact) mass is 209 g/mol. The summed E-state index contributed by atoms with van der Waals surface area (Å²) in [4.78, 5) is 15.4. The molecule has 1 rings (SSSR count). The SMILES string of the molecule is CCC1CC(C(CC)/N=C/B=O)OC1=O. The van der Waals surface area contributed by atoms with Crippen molar-refractivity contribution in [2.45, 2.75) is 45.3 Å². The Bertz CT molecular complexity index is 267. The molecule has 3 unspecified atom stereocenters. The zero-order chi connectivity index (χ0) is 11.3. The van der Waals surface area contributed by atoms with Gasteiger partial charge in [-0.05, 0) is 0 Å². The second-order valence-corrected chi connectivity index (χ2v) is 3.73. The van der Waals surface area contributed by atoms with Gasteiger partial charge in [-0.3, -0.25) is 0 Å². The van der Waals surface area contributed by atoms with Gasteiger partial charge in [-0.15, -0.1) is 0 Å². The Morgan fingerprint density at radius 1 is 1.67 bits per heavy atom. The van der Waals surface area contributed by atoms with Crippen molar-refractivity contribution in [1.29, 1.82) is 0 Å². The second-order valence-electron chi connectivity index (χ2n) is 3.73. The van der Waals surface area contributed by atoms with Crippen molar-refractivity contribution in [2.75, 3.05) is 0 Å². The summed E-state index contributed by atoms with van der Waals surface area (Å²) in [7, 11) is 0.650. The van der Waals surface area contributed by atoms with E-state index in [-0.39, 0.29) is 24.0 Å². The number of aliphatic imine (C=N–C) groups is 1. The van der Waals surface area contributed by atoms with Crippen LogP contribution in [0.3, 0.4) is 0 Å². The summed E-state index contributed by atoms with van der Waals surface area (Å²) in [5, 5.41) is 0. The fraction of sp³-hybridized carbons (Fsp3) is 0.800. The number of ether oxygens (including phenoxy) is 1. The maximum absolute atomic E-state index is 11.4. The Morgan fingerprint density at radius 3 is 2.87 bits per heavy atom. The molecule has 0 aliphatic carbocycles. The third-order valence-electron chi connectivity index (χ3n) is 2.80. The van der Waals surface area contributed by atoms with Crippen LogP contribution in [0.5, 0.6) is 0 Å². The second kappa shape index (κ2) is 5.78. The van der Waals surface area contributed by atoms with E-state index in [1.807, 2.05) is 13.8 Å². The van der Waals surface area contributed by atoms with Gasteiger partial charge in [0, 0.05) is 0 Å². The standard InChI is InChI=1S/C10H16BNO3/c1-3-7-5-9(15-10(7)13)8(4-2)12-6-11-14/h6-9H,3-5H2,1-2H3/b12-6+. The molecule has 4 nitrogen and oxygen atoms in total. The number of esters is 1. The van der Waals surface area contributed by atoms with Crippen molar-refractivity contribution in [3.8, 4) is 0 Å². The van der Waals surface area contributed by atoms with Gasteiger partial charge < -0.3 is 0 Å². The summed E-state index contributed by atoms with van der Waals surface area (Å²) in [5.74, 6) is -0.113. The van der Waals surface area contributed by atoms with E-state index in [1.54, 1.807) is 0 Å². The molecule has 15 heavy (non-hydrogen) atoms. The Morgan fingerprint density at radius 2 is 2.40 bits per heavy atom. The third-order valence-corrected chi connectivity index (χ3v) is 2.80. The van der Waals surface area contributed by atoms with E-state index in [4.69, 9.17) is 4.74 Å². The molecule has 0 aromatic heterocycles. The van der Waals surface area contributed by atoms with E-state index in [0.717, 1.165) is 19.3 Å². The predicted molar refractivity (Wildman–Crippen MR) is 57.3 cm³/mol. The van der Waals surface area contributed by atoms with Gasteiger partial charge in [0.2, 0.25) is 0 Å².